The monoisotopic (exact) mass is 276 g/mol. The van der Waals surface area contributed by atoms with Crippen LogP contribution in [0.3, 0.4) is 0 Å². The van der Waals surface area contributed by atoms with Crippen molar-refractivity contribution in [2.75, 3.05) is 0 Å². The van der Waals surface area contributed by atoms with Crippen molar-refractivity contribution in [1.82, 2.24) is 9.97 Å². The number of rotatable bonds is 0. The van der Waals surface area contributed by atoms with Gasteiger partial charge in [0.2, 0.25) is 0 Å². The van der Waals surface area contributed by atoms with Gasteiger partial charge in [-0.3, -0.25) is 0 Å². The Morgan fingerprint density at radius 2 is 2.00 bits per heavy atom. The standard InChI is InChI=1S/C8H6BrClN2S/c1-3-5-7(10)11-4(2)12-8(5)13-6(3)9/h1-2H3. The molecule has 2 aromatic heterocycles. The predicted octanol–water partition coefficient (Wildman–Crippen LogP) is 3.72. The fourth-order valence-electron chi connectivity index (χ4n) is 1.16. The van der Waals surface area contributed by atoms with Crippen LogP contribution in [-0.2, 0) is 0 Å². The molecule has 0 aliphatic heterocycles. The Morgan fingerprint density at radius 3 is 2.69 bits per heavy atom. The molecule has 13 heavy (non-hydrogen) atoms. The van der Waals surface area contributed by atoms with E-state index in [-0.39, 0.29) is 0 Å². The average Bonchev–Trinajstić information content (AvgIpc) is 2.27. The number of fused-ring (bicyclic) bond motifs is 1. The summed E-state index contributed by atoms with van der Waals surface area (Å²) in [6.45, 7) is 3.85. The van der Waals surface area contributed by atoms with Crippen molar-refractivity contribution in [3.8, 4) is 0 Å². The summed E-state index contributed by atoms with van der Waals surface area (Å²) < 4.78 is 1.07. The van der Waals surface area contributed by atoms with Gasteiger partial charge in [0, 0.05) is 0 Å². The molecule has 0 atom stereocenters. The Labute approximate surface area is 93.1 Å². The van der Waals surface area contributed by atoms with Crippen LogP contribution in [0, 0.1) is 13.8 Å². The van der Waals surface area contributed by atoms with E-state index < -0.39 is 0 Å². The summed E-state index contributed by atoms with van der Waals surface area (Å²) in [6, 6.07) is 0. The maximum absolute atomic E-state index is 6.02. The second-order valence-corrected chi connectivity index (χ2v) is 5.42. The smallest absolute Gasteiger partial charge is 0.141 e. The molecule has 0 saturated heterocycles. The first-order chi connectivity index (χ1) is 6.09. The van der Waals surface area contributed by atoms with Gasteiger partial charge in [0.15, 0.2) is 0 Å². The number of hydrogen-bond acceptors (Lipinski definition) is 3. The summed E-state index contributed by atoms with van der Waals surface area (Å²) in [5.41, 5.74) is 1.12. The zero-order valence-electron chi connectivity index (χ0n) is 7.06. The molecule has 0 aliphatic rings. The lowest BCUT2D eigenvalue weighted by Crippen LogP contribution is -1.87. The molecule has 0 aromatic carbocycles. The third-order valence-electron chi connectivity index (χ3n) is 1.80. The van der Waals surface area contributed by atoms with Crippen LogP contribution in [0.5, 0.6) is 0 Å². The Kier molecular flexibility index (Phi) is 2.30. The van der Waals surface area contributed by atoms with E-state index in [1.165, 1.54) is 0 Å². The highest BCUT2D eigenvalue weighted by Crippen LogP contribution is 2.36. The fourth-order valence-corrected chi connectivity index (χ4v) is 3.19. The Morgan fingerprint density at radius 1 is 1.31 bits per heavy atom. The van der Waals surface area contributed by atoms with E-state index in [1.807, 2.05) is 13.8 Å². The van der Waals surface area contributed by atoms with Gasteiger partial charge in [-0.25, -0.2) is 9.97 Å². The molecule has 2 nitrogen and oxygen atoms in total. The normalized spacial score (nSPS) is 11.1. The molecule has 0 fully saturated rings. The summed E-state index contributed by atoms with van der Waals surface area (Å²) in [6.07, 6.45) is 0. The number of aromatic nitrogens is 2. The largest absolute Gasteiger partial charge is 0.222 e. The minimum atomic E-state index is 0.543. The molecule has 0 bridgehead atoms. The average molecular weight is 278 g/mol. The summed E-state index contributed by atoms with van der Waals surface area (Å²) in [5, 5.41) is 1.51. The van der Waals surface area contributed by atoms with Gasteiger partial charge in [-0.15, -0.1) is 11.3 Å². The van der Waals surface area contributed by atoms with E-state index in [0.29, 0.717) is 11.0 Å². The van der Waals surface area contributed by atoms with Crippen molar-refractivity contribution in [3.63, 3.8) is 0 Å². The van der Waals surface area contributed by atoms with Gasteiger partial charge in [0.1, 0.15) is 15.8 Å². The van der Waals surface area contributed by atoms with E-state index in [9.17, 15) is 0 Å². The summed E-state index contributed by atoms with van der Waals surface area (Å²) in [7, 11) is 0. The lowest BCUT2D eigenvalue weighted by atomic mass is 10.3. The van der Waals surface area contributed by atoms with Crippen LogP contribution < -0.4 is 0 Å². The van der Waals surface area contributed by atoms with Crippen LogP contribution >= 0.6 is 38.9 Å². The number of halogens is 2. The molecule has 2 aromatic rings. The number of hydrogen-bond donors (Lipinski definition) is 0. The van der Waals surface area contributed by atoms with Crippen LogP contribution in [0.1, 0.15) is 11.4 Å². The van der Waals surface area contributed by atoms with Gasteiger partial charge in [-0.1, -0.05) is 11.6 Å². The third kappa shape index (κ3) is 1.47. The molecule has 0 unspecified atom stereocenters. The van der Waals surface area contributed by atoms with Gasteiger partial charge < -0.3 is 0 Å². The SMILES string of the molecule is Cc1nc(Cl)c2c(C)c(Br)sc2n1. The van der Waals surface area contributed by atoms with Crippen LogP contribution in [-0.4, -0.2) is 9.97 Å². The maximum atomic E-state index is 6.02. The van der Waals surface area contributed by atoms with Crippen molar-refractivity contribution in [2.24, 2.45) is 0 Å². The van der Waals surface area contributed by atoms with Crippen LogP contribution in [0.25, 0.3) is 10.2 Å². The van der Waals surface area contributed by atoms with Crippen LogP contribution in [0.4, 0.5) is 0 Å². The molecule has 0 aliphatic carbocycles. The molecule has 2 rings (SSSR count). The molecular weight excluding hydrogens is 272 g/mol. The van der Waals surface area contributed by atoms with Gasteiger partial charge in [0.05, 0.1) is 9.17 Å². The molecular formula is C8H6BrClN2S. The highest BCUT2D eigenvalue weighted by atomic mass is 79.9. The minimum Gasteiger partial charge on any atom is -0.222 e. The molecule has 0 radical (unpaired) electrons. The third-order valence-corrected chi connectivity index (χ3v) is 4.13. The van der Waals surface area contributed by atoms with Crippen molar-refractivity contribution < 1.29 is 0 Å². The van der Waals surface area contributed by atoms with E-state index in [1.54, 1.807) is 11.3 Å². The van der Waals surface area contributed by atoms with Gasteiger partial charge in [-0.2, -0.15) is 0 Å². The number of thiophene rings is 1. The summed E-state index contributed by atoms with van der Waals surface area (Å²) in [4.78, 5) is 9.37. The molecule has 68 valence electrons. The second-order valence-electron chi connectivity index (χ2n) is 2.74. The highest BCUT2D eigenvalue weighted by molar-refractivity contribution is 9.11. The minimum absolute atomic E-state index is 0.543. The van der Waals surface area contributed by atoms with E-state index in [2.05, 4.69) is 25.9 Å². The van der Waals surface area contributed by atoms with Crippen molar-refractivity contribution in [3.05, 3.63) is 20.3 Å². The van der Waals surface area contributed by atoms with Gasteiger partial charge in [-0.05, 0) is 35.3 Å². The zero-order valence-corrected chi connectivity index (χ0v) is 10.2. The van der Waals surface area contributed by atoms with Crippen LogP contribution in [0.2, 0.25) is 5.15 Å². The first kappa shape index (κ1) is 9.37. The summed E-state index contributed by atoms with van der Waals surface area (Å²) in [5.74, 6) is 0.714. The fraction of sp³-hybridized carbons (Fsp3) is 0.250. The number of nitrogens with zero attached hydrogens (tertiary/aromatic N) is 2. The molecule has 2 heterocycles. The molecule has 0 saturated carbocycles. The van der Waals surface area contributed by atoms with Crippen molar-refractivity contribution in [2.45, 2.75) is 13.8 Å². The first-order valence-corrected chi connectivity index (χ1v) is 5.67. The Bertz CT molecular complexity index is 480. The Balaban J connectivity index is 2.94. The van der Waals surface area contributed by atoms with E-state index in [4.69, 9.17) is 11.6 Å². The highest BCUT2D eigenvalue weighted by Gasteiger charge is 2.12. The lowest BCUT2D eigenvalue weighted by molar-refractivity contribution is 1.10. The van der Waals surface area contributed by atoms with Gasteiger partial charge >= 0.3 is 0 Å². The second kappa shape index (κ2) is 3.19. The maximum Gasteiger partial charge on any atom is 0.141 e. The molecule has 5 heteroatoms. The first-order valence-electron chi connectivity index (χ1n) is 3.68. The van der Waals surface area contributed by atoms with Gasteiger partial charge in [0.25, 0.3) is 0 Å². The quantitative estimate of drug-likeness (QED) is 0.686. The van der Waals surface area contributed by atoms with E-state index in [0.717, 1.165) is 19.6 Å². The topological polar surface area (TPSA) is 25.8 Å². The lowest BCUT2D eigenvalue weighted by Gasteiger charge is -1.95. The molecule has 0 amide bonds. The van der Waals surface area contributed by atoms with Crippen molar-refractivity contribution >= 4 is 49.1 Å². The molecule has 0 spiro atoms. The van der Waals surface area contributed by atoms with Crippen molar-refractivity contribution in [1.29, 1.82) is 0 Å². The zero-order chi connectivity index (χ0) is 9.59. The summed E-state index contributed by atoms with van der Waals surface area (Å²) >= 11 is 11.1. The Hall–Kier alpha value is -0.190. The number of aryl methyl sites for hydroxylation is 2. The van der Waals surface area contributed by atoms with Crippen LogP contribution in [0.15, 0.2) is 3.79 Å². The van der Waals surface area contributed by atoms with E-state index >= 15 is 0 Å². The predicted molar refractivity (Wildman–Crippen MR) is 59.6 cm³/mol. The molecule has 0 N–H and O–H groups in total.